The van der Waals surface area contributed by atoms with Crippen LogP contribution >= 0.6 is 0 Å². The zero-order chi connectivity index (χ0) is 18.5. The molecule has 0 spiro atoms. The zero-order valence-electron chi connectivity index (χ0n) is 15.4. The highest BCUT2D eigenvalue weighted by Gasteiger charge is 2.27. The number of anilines is 1. The summed E-state index contributed by atoms with van der Waals surface area (Å²) in [7, 11) is 1.67. The molecule has 0 bridgehead atoms. The molecule has 3 rings (SSSR count). The van der Waals surface area contributed by atoms with Crippen molar-refractivity contribution in [2.24, 2.45) is 11.7 Å². The number of hydrogen-bond donors (Lipinski definition) is 1. The number of piperazine rings is 1. The number of primary amides is 1. The smallest absolute Gasteiger partial charge is 0.236 e. The van der Waals surface area contributed by atoms with Gasteiger partial charge in [0.25, 0.3) is 0 Å². The van der Waals surface area contributed by atoms with Gasteiger partial charge >= 0.3 is 0 Å². The number of piperidine rings is 1. The topological polar surface area (TPSA) is 79.1 Å². The van der Waals surface area contributed by atoms with E-state index in [9.17, 15) is 9.59 Å². The summed E-state index contributed by atoms with van der Waals surface area (Å²) in [5, 5.41) is 0. The van der Waals surface area contributed by atoms with E-state index in [0.717, 1.165) is 31.9 Å². The highest BCUT2D eigenvalue weighted by atomic mass is 16.5. The lowest BCUT2D eigenvalue weighted by Crippen LogP contribution is -2.51. The maximum absolute atomic E-state index is 12.5. The van der Waals surface area contributed by atoms with Gasteiger partial charge in [0, 0.05) is 50.9 Å². The first-order valence-electron chi connectivity index (χ1n) is 9.25. The summed E-state index contributed by atoms with van der Waals surface area (Å²) < 4.78 is 5.20. The average Bonchev–Trinajstić information content (AvgIpc) is 2.68. The highest BCUT2D eigenvalue weighted by Crippen LogP contribution is 2.21. The molecule has 0 saturated carbocycles. The SMILES string of the molecule is COc1ccc(N2CCN(CC(=O)N3CCC(C(N)=O)CC3)CC2)cc1. The van der Waals surface area contributed by atoms with Crippen LogP contribution in [-0.4, -0.2) is 74.5 Å². The third-order valence-corrected chi connectivity index (χ3v) is 5.42. The van der Waals surface area contributed by atoms with Crippen LogP contribution in [0.15, 0.2) is 24.3 Å². The molecule has 2 N–H and O–H groups in total. The number of methoxy groups -OCH3 is 1. The van der Waals surface area contributed by atoms with Gasteiger partial charge in [-0.05, 0) is 37.1 Å². The first kappa shape index (κ1) is 18.5. The van der Waals surface area contributed by atoms with E-state index < -0.39 is 0 Å². The van der Waals surface area contributed by atoms with E-state index in [1.165, 1.54) is 5.69 Å². The van der Waals surface area contributed by atoms with E-state index in [1.807, 2.05) is 17.0 Å². The number of benzene rings is 1. The Kier molecular flexibility index (Phi) is 5.98. The predicted octanol–water partition coefficient (Wildman–Crippen LogP) is 0.541. The molecule has 2 amide bonds. The van der Waals surface area contributed by atoms with Crippen LogP contribution in [-0.2, 0) is 9.59 Å². The molecule has 2 saturated heterocycles. The Bertz CT molecular complexity index is 618. The molecule has 2 heterocycles. The number of nitrogens with zero attached hydrogens (tertiary/aromatic N) is 3. The molecule has 0 aliphatic carbocycles. The molecule has 0 radical (unpaired) electrons. The number of carbonyl (C=O) groups excluding carboxylic acids is 2. The van der Waals surface area contributed by atoms with Crippen molar-refractivity contribution >= 4 is 17.5 Å². The molecule has 142 valence electrons. The van der Waals surface area contributed by atoms with Gasteiger partial charge in [0.05, 0.1) is 13.7 Å². The Hall–Kier alpha value is -2.28. The van der Waals surface area contributed by atoms with Crippen LogP contribution in [0.25, 0.3) is 0 Å². The van der Waals surface area contributed by atoms with Crippen LogP contribution in [0, 0.1) is 5.92 Å². The molecular formula is C19H28N4O3. The van der Waals surface area contributed by atoms with Gasteiger partial charge in [-0.3, -0.25) is 14.5 Å². The molecule has 0 atom stereocenters. The second-order valence-corrected chi connectivity index (χ2v) is 7.02. The quantitative estimate of drug-likeness (QED) is 0.829. The monoisotopic (exact) mass is 360 g/mol. The lowest BCUT2D eigenvalue weighted by atomic mass is 9.96. The molecule has 1 aromatic carbocycles. The summed E-state index contributed by atoms with van der Waals surface area (Å²) in [5.74, 6) is 0.697. The first-order valence-corrected chi connectivity index (χ1v) is 9.25. The lowest BCUT2D eigenvalue weighted by Gasteiger charge is -2.37. The standard InChI is InChI=1S/C19H28N4O3/c1-26-17-4-2-16(3-5-17)22-12-10-21(11-13-22)14-18(24)23-8-6-15(7-9-23)19(20)25/h2-5,15H,6-14H2,1H3,(H2,20,25). The largest absolute Gasteiger partial charge is 0.497 e. The Morgan fingerprint density at radius 2 is 1.65 bits per heavy atom. The minimum atomic E-state index is -0.244. The summed E-state index contributed by atoms with van der Waals surface area (Å²) >= 11 is 0. The molecule has 2 aliphatic rings. The number of ether oxygens (including phenoxy) is 1. The molecule has 2 aliphatic heterocycles. The summed E-state index contributed by atoms with van der Waals surface area (Å²) in [6.45, 7) is 5.28. The maximum atomic E-state index is 12.5. The van der Waals surface area contributed by atoms with Crippen molar-refractivity contribution in [2.75, 3.05) is 57.8 Å². The summed E-state index contributed by atoms with van der Waals surface area (Å²) in [6, 6.07) is 8.09. The number of carbonyl (C=O) groups is 2. The summed E-state index contributed by atoms with van der Waals surface area (Å²) in [4.78, 5) is 30.1. The lowest BCUT2D eigenvalue weighted by molar-refractivity contribution is -0.136. The van der Waals surface area contributed by atoms with E-state index in [0.29, 0.717) is 32.5 Å². The summed E-state index contributed by atoms with van der Waals surface area (Å²) in [6.07, 6.45) is 1.37. The fraction of sp³-hybridized carbons (Fsp3) is 0.579. The Morgan fingerprint density at radius 3 is 2.19 bits per heavy atom. The van der Waals surface area contributed by atoms with Crippen molar-refractivity contribution in [1.29, 1.82) is 0 Å². The molecule has 0 unspecified atom stereocenters. The second-order valence-electron chi connectivity index (χ2n) is 7.02. The van der Waals surface area contributed by atoms with Crippen molar-refractivity contribution < 1.29 is 14.3 Å². The van der Waals surface area contributed by atoms with Crippen LogP contribution in [0.3, 0.4) is 0 Å². The minimum Gasteiger partial charge on any atom is -0.497 e. The van der Waals surface area contributed by atoms with Gasteiger partial charge in [0.15, 0.2) is 0 Å². The van der Waals surface area contributed by atoms with E-state index in [-0.39, 0.29) is 17.7 Å². The predicted molar refractivity (Wildman–Crippen MR) is 100 cm³/mol. The van der Waals surface area contributed by atoms with E-state index >= 15 is 0 Å². The van der Waals surface area contributed by atoms with Gasteiger partial charge in [0.2, 0.25) is 11.8 Å². The fourth-order valence-corrected chi connectivity index (χ4v) is 3.66. The molecule has 26 heavy (non-hydrogen) atoms. The van der Waals surface area contributed by atoms with Crippen molar-refractivity contribution in [3.8, 4) is 5.75 Å². The van der Waals surface area contributed by atoms with Gasteiger partial charge < -0.3 is 20.3 Å². The number of nitrogens with two attached hydrogens (primary N) is 1. The number of amides is 2. The van der Waals surface area contributed by atoms with Gasteiger partial charge in [-0.15, -0.1) is 0 Å². The molecule has 2 fully saturated rings. The average molecular weight is 360 g/mol. The number of likely N-dealkylation sites (tertiary alicyclic amines) is 1. The third kappa shape index (κ3) is 4.46. The fourth-order valence-electron chi connectivity index (χ4n) is 3.66. The Balaban J connectivity index is 1.43. The number of rotatable bonds is 5. The van der Waals surface area contributed by atoms with Gasteiger partial charge in [0.1, 0.15) is 5.75 Å². The van der Waals surface area contributed by atoms with Gasteiger partial charge in [-0.25, -0.2) is 0 Å². The van der Waals surface area contributed by atoms with Gasteiger partial charge in [-0.2, -0.15) is 0 Å². The van der Waals surface area contributed by atoms with E-state index in [1.54, 1.807) is 7.11 Å². The molecular weight excluding hydrogens is 332 g/mol. The van der Waals surface area contributed by atoms with Gasteiger partial charge in [-0.1, -0.05) is 0 Å². The Morgan fingerprint density at radius 1 is 1.04 bits per heavy atom. The molecule has 7 heteroatoms. The van der Waals surface area contributed by atoms with Crippen molar-refractivity contribution in [1.82, 2.24) is 9.80 Å². The molecule has 1 aromatic rings. The molecule has 7 nitrogen and oxygen atoms in total. The number of hydrogen-bond acceptors (Lipinski definition) is 5. The highest BCUT2D eigenvalue weighted by molar-refractivity contribution is 5.80. The van der Waals surface area contributed by atoms with Crippen LogP contribution in [0.1, 0.15) is 12.8 Å². The summed E-state index contributed by atoms with van der Waals surface area (Å²) in [5.41, 5.74) is 6.54. The third-order valence-electron chi connectivity index (χ3n) is 5.42. The van der Waals surface area contributed by atoms with Crippen LogP contribution < -0.4 is 15.4 Å². The minimum absolute atomic E-state index is 0.0768. The first-order chi connectivity index (χ1) is 12.6. The van der Waals surface area contributed by atoms with Crippen molar-refractivity contribution in [3.63, 3.8) is 0 Å². The maximum Gasteiger partial charge on any atom is 0.236 e. The van der Waals surface area contributed by atoms with E-state index in [2.05, 4.69) is 21.9 Å². The Labute approximate surface area is 154 Å². The molecule has 0 aromatic heterocycles. The van der Waals surface area contributed by atoms with Crippen molar-refractivity contribution in [2.45, 2.75) is 12.8 Å². The van der Waals surface area contributed by atoms with Crippen LogP contribution in [0.2, 0.25) is 0 Å². The normalized spacial score (nSPS) is 19.4. The van der Waals surface area contributed by atoms with Crippen molar-refractivity contribution in [3.05, 3.63) is 24.3 Å². The zero-order valence-corrected chi connectivity index (χ0v) is 15.4. The van der Waals surface area contributed by atoms with Crippen LogP contribution in [0.5, 0.6) is 5.75 Å². The second kappa shape index (κ2) is 8.40. The van der Waals surface area contributed by atoms with Crippen LogP contribution in [0.4, 0.5) is 5.69 Å². The van der Waals surface area contributed by atoms with E-state index in [4.69, 9.17) is 10.5 Å².